The average Bonchev–Trinajstić information content (AvgIpc) is 2.80. The highest BCUT2D eigenvalue weighted by atomic mass is 19.4. The minimum absolute atomic E-state index is 0.0228. The van der Waals surface area contributed by atoms with Gasteiger partial charge < -0.3 is 9.47 Å². The van der Waals surface area contributed by atoms with E-state index in [1.54, 1.807) is 6.07 Å². The molecule has 0 unspecified atom stereocenters. The second kappa shape index (κ2) is 8.27. The van der Waals surface area contributed by atoms with Crippen LogP contribution in [0.5, 0.6) is 0 Å². The molecule has 6 heteroatoms. The molecule has 1 aromatic rings. The molecule has 1 saturated carbocycles. The van der Waals surface area contributed by atoms with Gasteiger partial charge in [0.25, 0.3) is 5.60 Å². The number of carbonyl (C=O) groups excluding carboxylic acids is 1. The second-order valence-electron chi connectivity index (χ2n) is 10.0. The van der Waals surface area contributed by atoms with Crippen molar-refractivity contribution in [1.82, 2.24) is 0 Å². The molecule has 1 fully saturated rings. The van der Waals surface area contributed by atoms with Gasteiger partial charge in [-0.2, -0.15) is 13.2 Å². The zero-order chi connectivity index (χ0) is 23.1. The number of benzene rings is 1. The van der Waals surface area contributed by atoms with Crippen molar-refractivity contribution >= 4 is 5.97 Å². The highest BCUT2D eigenvalue weighted by molar-refractivity contribution is 5.83. The minimum Gasteiger partial charge on any atom is -0.459 e. The molecule has 0 radical (unpaired) electrons. The maximum absolute atomic E-state index is 14.3. The van der Waals surface area contributed by atoms with E-state index in [0.29, 0.717) is 12.8 Å². The molecule has 4 atom stereocenters. The molecule has 2 aliphatic carbocycles. The van der Waals surface area contributed by atoms with Crippen LogP contribution in [0.25, 0.3) is 0 Å². The minimum atomic E-state index is -4.97. The molecule has 0 heterocycles. The van der Waals surface area contributed by atoms with Crippen molar-refractivity contribution in [3.63, 3.8) is 0 Å². The number of allylic oxidation sites excluding steroid dienone is 2. The number of ether oxygens (including phenoxy) is 2. The number of methoxy groups -OCH3 is 1. The third kappa shape index (κ3) is 4.04. The van der Waals surface area contributed by atoms with Crippen LogP contribution in [0.4, 0.5) is 13.2 Å². The first kappa shape index (κ1) is 23.8. The van der Waals surface area contributed by atoms with Gasteiger partial charge in [-0.1, -0.05) is 69.2 Å². The van der Waals surface area contributed by atoms with Crippen LogP contribution in [-0.2, 0) is 19.9 Å². The first-order valence-corrected chi connectivity index (χ1v) is 10.9. The fourth-order valence-corrected chi connectivity index (χ4v) is 5.75. The van der Waals surface area contributed by atoms with Crippen molar-refractivity contribution < 1.29 is 27.4 Å². The smallest absolute Gasteiger partial charge is 0.432 e. The fourth-order valence-electron chi connectivity index (χ4n) is 5.75. The van der Waals surface area contributed by atoms with Gasteiger partial charge in [0.05, 0.1) is 0 Å². The van der Waals surface area contributed by atoms with Crippen molar-refractivity contribution in [3.8, 4) is 0 Å². The summed E-state index contributed by atoms with van der Waals surface area (Å²) in [5.41, 5.74) is -2.69. The molecule has 0 aromatic heterocycles. The third-order valence-electron chi connectivity index (χ3n) is 7.50. The highest BCUT2D eigenvalue weighted by Gasteiger charge is 2.65. The second-order valence-corrected chi connectivity index (χ2v) is 10.0. The Hall–Kier alpha value is -1.82. The maximum Gasteiger partial charge on any atom is 0.432 e. The Kier molecular flexibility index (Phi) is 6.36. The predicted octanol–water partition coefficient (Wildman–Crippen LogP) is 6.58. The Morgan fingerprint density at radius 2 is 1.74 bits per heavy atom. The first-order chi connectivity index (χ1) is 14.4. The van der Waals surface area contributed by atoms with Gasteiger partial charge in [0, 0.05) is 18.1 Å². The van der Waals surface area contributed by atoms with E-state index in [2.05, 4.69) is 33.8 Å². The lowest BCUT2D eigenvalue weighted by molar-refractivity contribution is -0.281. The van der Waals surface area contributed by atoms with Gasteiger partial charge in [-0.15, -0.1) is 0 Å². The lowest BCUT2D eigenvalue weighted by atomic mass is 9.54. The van der Waals surface area contributed by atoms with Gasteiger partial charge in [-0.3, -0.25) is 0 Å². The van der Waals surface area contributed by atoms with E-state index in [0.717, 1.165) is 26.4 Å². The van der Waals surface area contributed by atoms with Crippen LogP contribution in [0.3, 0.4) is 0 Å². The van der Waals surface area contributed by atoms with E-state index in [1.165, 1.54) is 29.8 Å². The standard InChI is InChI=1S/C25H33F3O3/c1-17-12-13-20(23(4)15-9-14-22(2,3)19(23)16-17)31-21(29)24(30-5,25(26,27)28)18-10-7-6-8-11-18/h6-8,10-11,16,19-20H,9,12-15H2,1-5H3/t19-,20-,23-,24+/m1/s1. The largest absolute Gasteiger partial charge is 0.459 e. The van der Waals surface area contributed by atoms with Crippen LogP contribution in [0.2, 0.25) is 0 Å². The van der Waals surface area contributed by atoms with Crippen LogP contribution in [0, 0.1) is 16.7 Å². The number of rotatable bonds is 4. The van der Waals surface area contributed by atoms with Gasteiger partial charge in [-0.05, 0) is 43.9 Å². The van der Waals surface area contributed by atoms with Crippen molar-refractivity contribution in [2.75, 3.05) is 7.11 Å². The fraction of sp³-hybridized carbons (Fsp3) is 0.640. The molecule has 2 aliphatic rings. The van der Waals surface area contributed by atoms with Crippen LogP contribution in [0.1, 0.15) is 65.4 Å². The maximum atomic E-state index is 14.3. The van der Waals surface area contributed by atoms with Crippen molar-refractivity contribution in [3.05, 3.63) is 47.5 Å². The van der Waals surface area contributed by atoms with E-state index >= 15 is 0 Å². The topological polar surface area (TPSA) is 35.5 Å². The van der Waals surface area contributed by atoms with E-state index in [1.807, 2.05) is 0 Å². The molecular weight excluding hydrogens is 405 g/mol. The van der Waals surface area contributed by atoms with Gasteiger partial charge in [0.1, 0.15) is 6.10 Å². The molecule has 1 aromatic carbocycles. The van der Waals surface area contributed by atoms with Crippen molar-refractivity contribution in [2.24, 2.45) is 16.7 Å². The molecule has 0 amide bonds. The summed E-state index contributed by atoms with van der Waals surface area (Å²) in [6.07, 6.45) is 0.656. The molecule has 0 N–H and O–H groups in total. The summed E-state index contributed by atoms with van der Waals surface area (Å²) in [5, 5.41) is 0. The normalized spacial score (nSPS) is 30.4. The molecule has 3 nitrogen and oxygen atoms in total. The molecule has 31 heavy (non-hydrogen) atoms. The monoisotopic (exact) mass is 438 g/mol. The lowest BCUT2D eigenvalue weighted by Crippen LogP contribution is -2.55. The zero-order valence-electron chi connectivity index (χ0n) is 19.0. The van der Waals surface area contributed by atoms with Gasteiger partial charge in [0.15, 0.2) is 0 Å². The summed E-state index contributed by atoms with van der Waals surface area (Å²) < 4.78 is 53.7. The van der Waals surface area contributed by atoms with E-state index in [4.69, 9.17) is 9.47 Å². The third-order valence-corrected chi connectivity index (χ3v) is 7.50. The number of halogens is 3. The zero-order valence-corrected chi connectivity index (χ0v) is 19.0. The summed E-state index contributed by atoms with van der Waals surface area (Å²) in [7, 11) is 0.911. The number of carbonyl (C=O) groups is 1. The Morgan fingerprint density at radius 1 is 1.10 bits per heavy atom. The number of hydrogen-bond donors (Lipinski definition) is 0. The van der Waals surface area contributed by atoms with Crippen LogP contribution >= 0.6 is 0 Å². The van der Waals surface area contributed by atoms with Gasteiger partial charge in [0.2, 0.25) is 0 Å². The van der Waals surface area contributed by atoms with Crippen molar-refractivity contribution in [2.45, 2.75) is 77.7 Å². The summed E-state index contributed by atoms with van der Waals surface area (Å²) in [4.78, 5) is 13.3. The molecule has 0 spiro atoms. The van der Waals surface area contributed by atoms with E-state index in [-0.39, 0.29) is 16.9 Å². The summed E-state index contributed by atoms with van der Waals surface area (Å²) >= 11 is 0. The Bertz CT molecular complexity index is 830. The first-order valence-electron chi connectivity index (χ1n) is 10.9. The summed E-state index contributed by atoms with van der Waals surface area (Å²) in [6.45, 7) is 8.51. The summed E-state index contributed by atoms with van der Waals surface area (Å²) in [5.74, 6) is -1.27. The molecule has 0 bridgehead atoms. The number of alkyl halides is 3. The van der Waals surface area contributed by atoms with Crippen molar-refractivity contribution in [1.29, 1.82) is 0 Å². The molecule has 0 saturated heterocycles. The SMILES string of the molecule is CO[C@](C(=O)O[C@@H]1CCC(C)=C[C@@H]2C(C)(C)CCC[C@]21C)(c1ccccc1)C(F)(F)F. The van der Waals surface area contributed by atoms with Gasteiger partial charge >= 0.3 is 12.1 Å². The predicted molar refractivity (Wildman–Crippen MR) is 113 cm³/mol. The van der Waals surface area contributed by atoms with E-state index in [9.17, 15) is 18.0 Å². The number of esters is 1. The highest BCUT2D eigenvalue weighted by Crippen LogP contribution is 2.57. The Morgan fingerprint density at radius 3 is 2.32 bits per heavy atom. The molecule has 0 aliphatic heterocycles. The summed E-state index contributed by atoms with van der Waals surface area (Å²) in [6, 6.07) is 7.03. The molecular formula is C25H33F3O3. The van der Waals surface area contributed by atoms with Crippen LogP contribution in [-0.4, -0.2) is 25.4 Å². The molecule has 3 rings (SSSR count). The van der Waals surface area contributed by atoms with Crippen LogP contribution < -0.4 is 0 Å². The quantitative estimate of drug-likeness (QED) is 0.394. The van der Waals surface area contributed by atoms with E-state index < -0.39 is 29.3 Å². The van der Waals surface area contributed by atoms with Crippen LogP contribution in [0.15, 0.2) is 42.0 Å². The average molecular weight is 439 g/mol. The Balaban J connectivity index is 2.02. The van der Waals surface area contributed by atoms with Gasteiger partial charge in [-0.25, -0.2) is 4.79 Å². The number of fused-ring (bicyclic) bond motifs is 1. The Labute approximate surface area is 183 Å². The molecule has 172 valence electrons. The number of hydrogen-bond acceptors (Lipinski definition) is 3. The lowest BCUT2D eigenvalue weighted by Gasteiger charge is -2.52.